The van der Waals surface area contributed by atoms with Crippen molar-refractivity contribution in [2.24, 2.45) is 0 Å². The second-order valence-electron chi connectivity index (χ2n) is 6.02. The first-order valence-corrected chi connectivity index (χ1v) is 9.06. The highest BCUT2D eigenvalue weighted by Crippen LogP contribution is 2.31. The molecule has 0 unspecified atom stereocenters. The van der Waals surface area contributed by atoms with E-state index in [1.807, 2.05) is 12.1 Å². The highest BCUT2D eigenvalue weighted by molar-refractivity contribution is 7.97. The van der Waals surface area contributed by atoms with Gasteiger partial charge in [0.15, 0.2) is 0 Å². The van der Waals surface area contributed by atoms with Crippen LogP contribution in [0.4, 0.5) is 0 Å². The number of nitrogens with zero attached hydrogens (tertiary/aromatic N) is 1. The van der Waals surface area contributed by atoms with Crippen molar-refractivity contribution in [3.63, 3.8) is 0 Å². The number of nitrogens with one attached hydrogen (secondary N) is 1. The maximum atomic E-state index is 11.2. The molecule has 5 nitrogen and oxygen atoms in total. The predicted octanol–water partition coefficient (Wildman–Crippen LogP) is 3.20. The molecule has 3 rings (SSSR count). The van der Waals surface area contributed by atoms with Crippen molar-refractivity contribution in [3.05, 3.63) is 59.2 Å². The third kappa shape index (κ3) is 4.75. The van der Waals surface area contributed by atoms with E-state index in [4.69, 9.17) is 9.94 Å². The first-order chi connectivity index (χ1) is 12.2. The Morgan fingerprint density at radius 3 is 2.96 bits per heavy atom. The van der Waals surface area contributed by atoms with Gasteiger partial charge in [0, 0.05) is 24.4 Å². The molecule has 1 aliphatic heterocycles. The first kappa shape index (κ1) is 17.8. The van der Waals surface area contributed by atoms with Gasteiger partial charge in [0.25, 0.3) is 0 Å². The number of carbonyl (C=O) groups is 1. The fourth-order valence-electron chi connectivity index (χ4n) is 2.93. The molecule has 132 valence electrons. The van der Waals surface area contributed by atoms with Gasteiger partial charge in [0.2, 0.25) is 5.91 Å². The molecule has 1 aliphatic rings. The number of fused-ring (bicyclic) bond motifs is 1. The van der Waals surface area contributed by atoms with Crippen LogP contribution in [0.1, 0.15) is 23.1 Å². The predicted molar refractivity (Wildman–Crippen MR) is 97.7 cm³/mol. The molecule has 1 amide bonds. The summed E-state index contributed by atoms with van der Waals surface area (Å²) in [5.41, 5.74) is 5.49. The lowest BCUT2D eigenvalue weighted by atomic mass is 9.97. The van der Waals surface area contributed by atoms with Crippen LogP contribution in [0, 0.1) is 0 Å². The summed E-state index contributed by atoms with van der Waals surface area (Å²) in [6.07, 6.45) is 1.93. The fraction of sp³-hybridized carbons (Fsp3) is 0.316. The second-order valence-corrected chi connectivity index (χ2v) is 7.19. The van der Waals surface area contributed by atoms with Gasteiger partial charge >= 0.3 is 0 Å². The Morgan fingerprint density at radius 1 is 1.28 bits per heavy atom. The summed E-state index contributed by atoms with van der Waals surface area (Å²) in [5.74, 6) is 0.526. The van der Waals surface area contributed by atoms with Crippen molar-refractivity contribution in [3.8, 4) is 5.75 Å². The van der Waals surface area contributed by atoms with Gasteiger partial charge in [0.05, 0.1) is 7.11 Å². The summed E-state index contributed by atoms with van der Waals surface area (Å²) in [4.78, 5) is 12.3. The Bertz CT molecular complexity index is 751. The average molecular weight is 358 g/mol. The molecular weight excluding hydrogens is 336 g/mol. The summed E-state index contributed by atoms with van der Waals surface area (Å²) in [6, 6.07) is 14.5. The maximum absolute atomic E-state index is 11.2. The molecule has 0 aliphatic carbocycles. The summed E-state index contributed by atoms with van der Waals surface area (Å²) in [5, 5.41) is 8.57. The normalized spacial score (nSPS) is 14.0. The van der Waals surface area contributed by atoms with E-state index < -0.39 is 0 Å². The number of methoxy groups -OCH3 is 1. The molecule has 0 saturated carbocycles. The van der Waals surface area contributed by atoms with Gasteiger partial charge < -0.3 is 4.74 Å². The van der Waals surface area contributed by atoms with Crippen LogP contribution in [0.2, 0.25) is 0 Å². The van der Waals surface area contributed by atoms with E-state index in [-0.39, 0.29) is 5.91 Å². The monoisotopic (exact) mass is 358 g/mol. The van der Waals surface area contributed by atoms with E-state index in [0.29, 0.717) is 12.8 Å². The summed E-state index contributed by atoms with van der Waals surface area (Å²) >= 11 is 1.75. The summed E-state index contributed by atoms with van der Waals surface area (Å²) < 4.78 is 7.64. The van der Waals surface area contributed by atoms with Crippen LogP contribution >= 0.6 is 11.9 Å². The van der Waals surface area contributed by atoms with Crippen LogP contribution in [0.3, 0.4) is 0 Å². The molecule has 2 N–H and O–H groups in total. The van der Waals surface area contributed by atoms with Crippen molar-refractivity contribution in [2.45, 2.75) is 30.7 Å². The minimum Gasteiger partial charge on any atom is -0.497 e. The minimum absolute atomic E-state index is 0.299. The Hall–Kier alpha value is -2.02. The number of carbonyl (C=O) groups excluding carboxylic acids is 1. The third-order valence-electron chi connectivity index (χ3n) is 4.29. The lowest BCUT2D eigenvalue weighted by Crippen LogP contribution is -2.24. The average Bonchev–Trinajstić information content (AvgIpc) is 2.66. The SMILES string of the molecule is COc1cccc(SN2CCc3cc(CCC(=O)NO)ccc3C2)c1. The molecule has 2 aromatic rings. The fourth-order valence-corrected chi connectivity index (χ4v) is 3.93. The molecule has 0 saturated heterocycles. The van der Waals surface area contributed by atoms with Crippen molar-refractivity contribution >= 4 is 17.9 Å². The Morgan fingerprint density at radius 2 is 2.16 bits per heavy atom. The van der Waals surface area contributed by atoms with Gasteiger partial charge in [-0.3, -0.25) is 10.0 Å². The Labute approximate surface area is 152 Å². The topological polar surface area (TPSA) is 61.8 Å². The zero-order valence-electron chi connectivity index (χ0n) is 14.2. The van der Waals surface area contributed by atoms with E-state index >= 15 is 0 Å². The van der Waals surface area contributed by atoms with E-state index in [9.17, 15) is 4.79 Å². The highest BCUT2D eigenvalue weighted by atomic mass is 32.2. The van der Waals surface area contributed by atoms with Crippen LogP contribution in [0.5, 0.6) is 5.75 Å². The molecule has 1 heterocycles. The lowest BCUT2D eigenvalue weighted by molar-refractivity contribution is -0.129. The number of aryl methyl sites for hydroxylation is 1. The standard InChI is InChI=1S/C19H22N2O3S/c1-24-17-3-2-4-18(12-17)25-21-10-9-15-11-14(5-7-16(15)13-21)6-8-19(22)20-23/h2-5,7,11-12,23H,6,8-10,13H2,1H3,(H,20,22). The molecule has 6 heteroatoms. The number of hydrogen-bond acceptors (Lipinski definition) is 5. The van der Waals surface area contributed by atoms with Gasteiger partial charge in [0.1, 0.15) is 5.75 Å². The molecule has 0 aromatic heterocycles. The molecule has 2 aromatic carbocycles. The van der Waals surface area contributed by atoms with Crippen LogP contribution in [0.15, 0.2) is 47.4 Å². The number of rotatable bonds is 6. The van der Waals surface area contributed by atoms with Crippen molar-refractivity contribution in [1.82, 2.24) is 9.79 Å². The number of amides is 1. The van der Waals surface area contributed by atoms with Gasteiger partial charge in [-0.1, -0.05) is 24.3 Å². The molecule has 0 spiro atoms. The smallest absolute Gasteiger partial charge is 0.243 e. The molecule has 0 atom stereocenters. The molecular formula is C19H22N2O3S. The van der Waals surface area contributed by atoms with Gasteiger partial charge in [-0.15, -0.1) is 0 Å². The van der Waals surface area contributed by atoms with E-state index in [2.05, 4.69) is 34.6 Å². The highest BCUT2D eigenvalue weighted by Gasteiger charge is 2.18. The molecule has 25 heavy (non-hydrogen) atoms. The lowest BCUT2D eigenvalue weighted by Gasteiger charge is -2.28. The van der Waals surface area contributed by atoms with Crippen LogP contribution in [-0.4, -0.2) is 29.1 Å². The van der Waals surface area contributed by atoms with E-state index in [1.54, 1.807) is 24.5 Å². The van der Waals surface area contributed by atoms with E-state index in [0.717, 1.165) is 30.8 Å². The minimum atomic E-state index is -0.349. The van der Waals surface area contributed by atoms with Crippen molar-refractivity contribution in [1.29, 1.82) is 0 Å². The van der Waals surface area contributed by atoms with Gasteiger partial charge in [-0.05, 0) is 59.7 Å². The van der Waals surface area contributed by atoms with Gasteiger partial charge in [-0.25, -0.2) is 9.79 Å². The van der Waals surface area contributed by atoms with Crippen LogP contribution in [-0.2, 0) is 24.2 Å². The molecule has 0 bridgehead atoms. The maximum Gasteiger partial charge on any atom is 0.243 e. The number of hydroxylamine groups is 1. The van der Waals surface area contributed by atoms with Gasteiger partial charge in [-0.2, -0.15) is 0 Å². The van der Waals surface area contributed by atoms with Crippen molar-refractivity contribution in [2.75, 3.05) is 13.7 Å². The first-order valence-electron chi connectivity index (χ1n) is 8.28. The second kappa shape index (κ2) is 8.38. The third-order valence-corrected chi connectivity index (χ3v) is 5.32. The summed E-state index contributed by atoms with van der Waals surface area (Å²) in [6.45, 7) is 1.88. The zero-order valence-corrected chi connectivity index (χ0v) is 15.0. The van der Waals surface area contributed by atoms with Crippen molar-refractivity contribution < 1.29 is 14.7 Å². The number of benzene rings is 2. The summed E-state index contributed by atoms with van der Waals surface area (Å²) in [7, 11) is 1.68. The zero-order chi connectivity index (χ0) is 17.6. The quantitative estimate of drug-likeness (QED) is 0.472. The molecule has 0 radical (unpaired) electrons. The van der Waals surface area contributed by atoms with Crippen LogP contribution in [0.25, 0.3) is 0 Å². The van der Waals surface area contributed by atoms with Crippen LogP contribution < -0.4 is 10.2 Å². The largest absolute Gasteiger partial charge is 0.497 e. The number of hydrogen-bond donors (Lipinski definition) is 2. The van der Waals surface area contributed by atoms with E-state index in [1.165, 1.54) is 16.0 Å². The Kier molecular flexibility index (Phi) is 5.96. The number of ether oxygens (including phenoxy) is 1. The molecule has 0 fully saturated rings. The Balaban J connectivity index is 1.62.